The van der Waals surface area contributed by atoms with Crippen molar-refractivity contribution in [3.63, 3.8) is 0 Å². The number of carboxylic acids is 2. The average molecular weight is 451 g/mol. The van der Waals surface area contributed by atoms with E-state index in [2.05, 4.69) is 4.99 Å². The van der Waals surface area contributed by atoms with Crippen molar-refractivity contribution in [3.8, 4) is 0 Å². The van der Waals surface area contributed by atoms with Gasteiger partial charge in [0.15, 0.2) is 12.1 Å². The third kappa shape index (κ3) is 26.4. The second-order valence-corrected chi connectivity index (χ2v) is 6.70. The van der Waals surface area contributed by atoms with Gasteiger partial charge in [-0.05, 0) is 12.8 Å². The van der Waals surface area contributed by atoms with E-state index in [1.165, 1.54) is 6.92 Å². The van der Waals surface area contributed by atoms with Gasteiger partial charge in [-0.2, -0.15) is 0 Å². The van der Waals surface area contributed by atoms with Gasteiger partial charge in [-0.15, -0.1) is 24.8 Å². The maximum atomic E-state index is 10.7. The number of guanidine groups is 1. The molecule has 1 unspecified atom stereocenters. The number of esters is 1. The number of halogens is 2. The van der Waals surface area contributed by atoms with Crippen LogP contribution in [0.5, 0.6) is 0 Å². The molecule has 168 valence electrons. The Kier molecular flexibility index (Phi) is 20.8. The molecule has 0 aliphatic rings. The highest BCUT2D eigenvalue weighted by atomic mass is 35.5. The van der Waals surface area contributed by atoms with Gasteiger partial charge in [0.05, 0.1) is 27.6 Å². The number of carbonyl (C=O) groups is 3. The monoisotopic (exact) mass is 450 g/mol. The van der Waals surface area contributed by atoms with Crippen LogP contribution in [0, 0.1) is 0 Å². The Morgan fingerprint density at radius 2 is 1.61 bits per heavy atom. The lowest BCUT2D eigenvalue weighted by molar-refractivity contribution is -0.873. The fourth-order valence-corrected chi connectivity index (χ4v) is 1.83. The summed E-state index contributed by atoms with van der Waals surface area (Å²) < 4.78 is 5.46. The third-order valence-electron chi connectivity index (χ3n) is 2.77. The molecule has 13 heteroatoms. The van der Waals surface area contributed by atoms with Crippen molar-refractivity contribution in [2.24, 2.45) is 22.2 Å². The van der Waals surface area contributed by atoms with E-state index in [1.807, 2.05) is 21.1 Å². The van der Waals surface area contributed by atoms with E-state index in [9.17, 15) is 14.4 Å². The van der Waals surface area contributed by atoms with Gasteiger partial charge in [-0.1, -0.05) is 0 Å². The Labute approximate surface area is 177 Å². The molecule has 0 aromatic rings. The van der Waals surface area contributed by atoms with Crippen LogP contribution < -0.4 is 17.2 Å². The van der Waals surface area contributed by atoms with Crippen LogP contribution in [-0.2, 0) is 19.1 Å². The minimum Gasteiger partial charge on any atom is -0.481 e. The molecule has 0 heterocycles. The van der Waals surface area contributed by atoms with Gasteiger partial charge in [0.1, 0.15) is 12.6 Å². The first kappa shape index (κ1) is 33.7. The maximum absolute atomic E-state index is 10.7. The van der Waals surface area contributed by atoms with Crippen LogP contribution in [0.1, 0.15) is 26.2 Å². The van der Waals surface area contributed by atoms with Gasteiger partial charge in [0.25, 0.3) is 0 Å². The lowest BCUT2D eigenvalue weighted by Crippen LogP contribution is -2.43. The Hall–Kier alpha value is -1.82. The van der Waals surface area contributed by atoms with Crippen LogP contribution >= 0.6 is 24.8 Å². The van der Waals surface area contributed by atoms with E-state index >= 15 is 0 Å². The lowest BCUT2D eigenvalue weighted by atomic mass is 10.2. The average Bonchev–Trinajstić information content (AvgIpc) is 2.40. The highest BCUT2D eigenvalue weighted by Gasteiger charge is 2.23. The highest BCUT2D eigenvalue weighted by molar-refractivity contribution is 5.85. The molecule has 11 nitrogen and oxygen atoms in total. The number of nitrogens with two attached hydrogens (primary N) is 3. The van der Waals surface area contributed by atoms with Crippen molar-refractivity contribution in [3.05, 3.63) is 0 Å². The fourth-order valence-electron chi connectivity index (χ4n) is 1.83. The number of aliphatic imine (C=N–C) groups is 1. The molecule has 0 aliphatic heterocycles. The zero-order chi connectivity index (χ0) is 20.9. The van der Waals surface area contributed by atoms with Crippen molar-refractivity contribution >= 4 is 48.7 Å². The molecule has 0 fully saturated rings. The largest absolute Gasteiger partial charge is 0.481 e. The Morgan fingerprint density at radius 3 is 1.93 bits per heavy atom. The number of rotatable bonds is 10. The van der Waals surface area contributed by atoms with Gasteiger partial charge in [0.2, 0.25) is 0 Å². The minimum atomic E-state index is -1.00. The number of aliphatic carboxylic acids is 2. The molecule has 0 aliphatic carbocycles. The standard InChI is InChI=1S/C9H17NO4.C6H14N4O2.2ClH/c1-7(11)14-8(5-9(12)13)6-10(2,3)4;7-4(5(11)12)2-1-3-10-6(8)9;;/h8H,5-6H2,1-4H3;4H,1-3,7H2,(H,11,12)(H4,8,9,10);2*1H/p+1/t8-;;;/m1.../s1. The number of likely N-dealkylation sites (N-methyl/N-ethyl adjacent to an activating group) is 1. The second kappa shape index (κ2) is 17.3. The van der Waals surface area contributed by atoms with Crippen molar-refractivity contribution in [1.29, 1.82) is 0 Å². The normalized spacial score (nSPS) is 11.9. The number of hydrogen-bond donors (Lipinski definition) is 5. The number of quaternary nitrogens is 1. The summed E-state index contributed by atoms with van der Waals surface area (Å²) in [5.74, 6) is -2.38. The molecule has 0 amide bonds. The molecule has 0 radical (unpaired) electrons. The van der Waals surface area contributed by atoms with Gasteiger partial charge < -0.3 is 36.6 Å². The SMILES string of the molecule is CC(=O)O[C@H](CC(=O)O)C[N+](C)(C)C.Cl.Cl.NC(N)=NCCCC(N)C(=O)O. The number of carboxylic acid groups (broad SMARTS) is 2. The van der Waals surface area contributed by atoms with Crippen molar-refractivity contribution in [2.45, 2.75) is 38.3 Å². The summed E-state index contributed by atoms with van der Waals surface area (Å²) in [6.07, 6.45) is 0.261. The van der Waals surface area contributed by atoms with Crippen LogP contribution in [0.25, 0.3) is 0 Å². The number of hydrogen-bond acceptors (Lipinski definition) is 6. The van der Waals surface area contributed by atoms with Gasteiger partial charge in [0, 0.05) is 13.5 Å². The van der Waals surface area contributed by atoms with Crippen LogP contribution in [-0.4, -0.2) is 84.9 Å². The first-order valence-corrected chi connectivity index (χ1v) is 7.97. The molecule has 0 saturated carbocycles. The fraction of sp³-hybridized carbons (Fsp3) is 0.733. The van der Waals surface area contributed by atoms with E-state index in [0.29, 0.717) is 30.4 Å². The summed E-state index contributed by atoms with van der Waals surface area (Å²) in [5.41, 5.74) is 15.3. The van der Waals surface area contributed by atoms with Crippen molar-refractivity contribution < 1.29 is 33.8 Å². The molecule has 2 atom stereocenters. The van der Waals surface area contributed by atoms with Crippen LogP contribution in [0.3, 0.4) is 0 Å². The summed E-state index contributed by atoms with van der Waals surface area (Å²) in [7, 11) is 5.75. The molecule has 8 N–H and O–H groups in total. The number of ether oxygens (including phenoxy) is 1. The first-order valence-electron chi connectivity index (χ1n) is 7.97. The molecule has 0 spiro atoms. The second-order valence-electron chi connectivity index (χ2n) is 6.70. The third-order valence-corrected chi connectivity index (χ3v) is 2.77. The Morgan fingerprint density at radius 1 is 1.11 bits per heavy atom. The minimum absolute atomic E-state index is 0. The van der Waals surface area contributed by atoms with Crippen LogP contribution in [0.15, 0.2) is 4.99 Å². The van der Waals surface area contributed by atoms with Crippen molar-refractivity contribution in [1.82, 2.24) is 0 Å². The Bertz CT molecular complexity index is 480. The molecule has 0 rings (SSSR count). The molecular weight excluding hydrogens is 417 g/mol. The van der Waals surface area contributed by atoms with E-state index in [-0.39, 0.29) is 37.2 Å². The topological polar surface area (TPSA) is 191 Å². The molecule has 0 aromatic carbocycles. The van der Waals surface area contributed by atoms with E-state index in [1.54, 1.807) is 0 Å². The summed E-state index contributed by atoms with van der Waals surface area (Å²) >= 11 is 0. The molecule has 0 aromatic heterocycles. The summed E-state index contributed by atoms with van der Waals surface area (Å²) in [5, 5.41) is 17.0. The number of nitrogens with zero attached hydrogens (tertiary/aromatic N) is 2. The predicted molar refractivity (Wildman–Crippen MR) is 111 cm³/mol. The lowest BCUT2D eigenvalue weighted by Gasteiger charge is -2.28. The summed E-state index contributed by atoms with van der Waals surface area (Å²) in [4.78, 5) is 35.1. The number of carbonyl (C=O) groups excluding carboxylic acids is 1. The van der Waals surface area contributed by atoms with Crippen molar-refractivity contribution in [2.75, 3.05) is 34.2 Å². The zero-order valence-corrected chi connectivity index (χ0v) is 18.3. The van der Waals surface area contributed by atoms with Gasteiger partial charge >= 0.3 is 17.9 Å². The molecular formula is C15H34Cl2N5O6+. The quantitative estimate of drug-likeness (QED) is 0.0948. The molecule has 28 heavy (non-hydrogen) atoms. The summed E-state index contributed by atoms with van der Waals surface area (Å²) in [6.45, 7) is 2.19. The van der Waals surface area contributed by atoms with E-state index < -0.39 is 30.1 Å². The van der Waals surface area contributed by atoms with E-state index in [4.69, 9.17) is 32.2 Å². The van der Waals surface area contributed by atoms with Gasteiger partial charge in [-0.3, -0.25) is 19.4 Å². The molecule has 0 saturated heterocycles. The first-order chi connectivity index (χ1) is 11.7. The zero-order valence-electron chi connectivity index (χ0n) is 16.7. The summed E-state index contributed by atoms with van der Waals surface area (Å²) in [6, 6.07) is -0.820. The molecule has 0 bridgehead atoms. The van der Waals surface area contributed by atoms with Gasteiger partial charge in [-0.25, -0.2) is 0 Å². The predicted octanol–water partition coefficient (Wildman–Crippen LogP) is -0.605. The smallest absolute Gasteiger partial charge is 0.320 e. The maximum Gasteiger partial charge on any atom is 0.320 e. The van der Waals surface area contributed by atoms with Crippen LogP contribution in [0.4, 0.5) is 0 Å². The van der Waals surface area contributed by atoms with E-state index in [0.717, 1.165) is 0 Å². The van der Waals surface area contributed by atoms with Crippen LogP contribution in [0.2, 0.25) is 0 Å². The highest BCUT2D eigenvalue weighted by Crippen LogP contribution is 2.05. The Balaban J connectivity index is -0.000000194.